The van der Waals surface area contributed by atoms with Crippen molar-refractivity contribution in [3.63, 3.8) is 0 Å². The van der Waals surface area contributed by atoms with Crippen molar-refractivity contribution in [1.82, 2.24) is 0 Å². The van der Waals surface area contributed by atoms with E-state index in [0.717, 1.165) is 67.4 Å². The van der Waals surface area contributed by atoms with E-state index in [1.807, 2.05) is 52.1 Å². The maximum Gasteiger partial charge on any atom is 0.338 e. The van der Waals surface area contributed by atoms with E-state index in [2.05, 4.69) is 30.0 Å². The van der Waals surface area contributed by atoms with E-state index in [4.69, 9.17) is 31.0 Å². The van der Waals surface area contributed by atoms with Crippen LogP contribution < -0.4 is 14.8 Å². The normalized spacial score (nSPS) is 23.8. The molecule has 1 fully saturated rings. The van der Waals surface area contributed by atoms with Crippen LogP contribution in [0.4, 0.5) is 5.69 Å². The highest BCUT2D eigenvalue weighted by Gasteiger charge is 2.42. The summed E-state index contributed by atoms with van der Waals surface area (Å²) in [7, 11) is 1.86. The fourth-order valence-electron chi connectivity index (χ4n) is 7.07. The Hall–Kier alpha value is -2.19. The number of hydrogen-bond donors (Lipinski definition) is 1. The number of anilines is 1. The molecule has 0 saturated heterocycles. The number of rotatable bonds is 12. The SMILES string of the molecule is CCCc1cc(Cl)ccc1C1COc2ccc(C(=O)OC(C)(C)C)cc2N(CC2CCC2C(OC)C2=CC(CCSN)C2)C1. The maximum absolute atomic E-state index is 13.1. The van der Waals surface area contributed by atoms with Crippen molar-refractivity contribution in [2.45, 2.75) is 83.8 Å². The highest BCUT2D eigenvalue weighted by atomic mass is 35.5. The number of nitrogens with zero attached hydrogens (tertiary/aromatic N) is 1. The number of fused-ring (bicyclic) bond motifs is 1. The molecular weight excluding hydrogens is 592 g/mol. The molecule has 2 N–H and O–H groups in total. The minimum atomic E-state index is -0.567. The number of aryl methyl sites for hydroxylation is 1. The highest BCUT2D eigenvalue weighted by molar-refractivity contribution is 7.97. The van der Waals surface area contributed by atoms with Crippen molar-refractivity contribution >= 4 is 35.2 Å². The van der Waals surface area contributed by atoms with E-state index >= 15 is 0 Å². The fraction of sp³-hybridized carbons (Fsp3) is 0.583. The van der Waals surface area contributed by atoms with Gasteiger partial charge >= 0.3 is 5.97 Å². The number of ether oxygens (including phenoxy) is 3. The summed E-state index contributed by atoms with van der Waals surface area (Å²) in [6.45, 7) is 10.1. The number of esters is 1. The third kappa shape index (κ3) is 7.78. The van der Waals surface area contributed by atoms with Crippen LogP contribution in [0.5, 0.6) is 5.75 Å². The van der Waals surface area contributed by atoms with Gasteiger partial charge in [0.1, 0.15) is 11.4 Å². The van der Waals surface area contributed by atoms with E-state index in [1.165, 1.54) is 35.1 Å². The molecule has 1 saturated carbocycles. The van der Waals surface area contributed by atoms with Gasteiger partial charge in [-0.15, -0.1) is 0 Å². The van der Waals surface area contributed by atoms with E-state index in [0.29, 0.717) is 29.9 Å². The Bertz CT molecular complexity index is 1340. The molecule has 240 valence electrons. The zero-order chi connectivity index (χ0) is 31.4. The maximum atomic E-state index is 13.1. The van der Waals surface area contributed by atoms with Crippen molar-refractivity contribution in [2.75, 3.05) is 37.5 Å². The topological polar surface area (TPSA) is 74.0 Å². The van der Waals surface area contributed by atoms with Gasteiger partial charge in [0.15, 0.2) is 0 Å². The Kier molecular flexibility index (Phi) is 10.9. The summed E-state index contributed by atoms with van der Waals surface area (Å²) in [5.74, 6) is 3.24. The number of methoxy groups -OCH3 is 1. The Labute approximate surface area is 273 Å². The molecule has 0 aromatic heterocycles. The van der Waals surface area contributed by atoms with Gasteiger partial charge in [0.2, 0.25) is 0 Å². The van der Waals surface area contributed by atoms with Crippen LogP contribution in [0.15, 0.2) is 48.0 Å². The minimum absolute atomic E-state index is 0.162. The number of nitrogens with two attached hydrogens (primary N) is 1. The van der Waals surface area contributed by atoms with Crippen LogP contribution in [-0.2, 0) is 15.9 Å². The predicted molar refractivity (Wildman–Crippen MR) is 182 cm³/mol. The predicted octanol–water partition coefficient (Wildman–Crippen LogP) is 8.21. The average molecular weight is 641 g/mol. The standard InChI is InChI=1S/C36H49ClN2O4S/c1-6-7-24-18-29(37)10-12-30(24)28-21-39(32-19-25(9-13-33(32)42-22-28)35(40)43-36(2,3)4)20-26-8-11-31(26)34(41-5)27-16-23(17-27)14-15-44-38/h9-10,12-13,16,18-19,23,26,28,31,34H,6-8,11,14-15,17,20-22,38H2,1-5H3. The molecule has 0 bridgehead atoms. The molecule has 8 heteroatoms. The summed E-state index contributed by atoms with van der Waals surface area (Å²) < 4.78 is 18.4. The number of allylic oxidation sites excluding steroid dienone is 1. The van der Waals surface area contributed by atoms with Crippen molar-refractivity contribution in [1.29, 1.82) is 0 Å². The monoisotopic (exact) mass is 640 g/mol. The zero-order valence-corrected chi connectivity index (χ0v) is 28.5. The Morgan fingerprint density at radius 3 is 2.66 bits per heavy atom. The van der Waals surface area contributed by atoms with Crippen LogP contribution in [0.25, 0.3) is 0 Å². The van der Waals surface area contributed by atoms with Crippen molar-refractivity contribution in [3.8, 4) is 5.75 Å². The van der Waals surface area contributed by atoms with Crippen LogP contribution in [0, 0.1) is 17.8 Å². The molecule has 5 unspecified atom stereocenters. The van der Waals surface area contributed by atoms with Gasteiger partial charge in [0, 0.05) is 36.9 Å². The van der Waals surface area contributed by atoms with Crippen molar-refractivity contribution in [3.05, 3.63) is 69.8 Å². The molecule has 0 amide bonds. The molecule has 2 aromatic carbocycles. The lowest BCUT2D eigenvalue weighted by Gasteiger charge is -2.46. The van der Waals surface area contributed by atoms with Gasteiger partial charge in [-0.3, -0.25) is 5.14 Å². The van der Waals surface area contributed by atoms with Gasteiger partial charge in [-0.05, 0) is 118 Å². The van der Waals surface area contributed by atoms with Crippen LogP contribution in [0.1, 0.15) is 87.2 Å². The molecule has 5 atom stereocenters. The molecule has 3 aliphatic rings. The highest BCUT2D eigenvalue weighted by Crippen LogP contribution is 2.46. The number of benzene rings is 2. The molecule has 2 aromatic rings. The second-order valence-electron chi connectivity index (χ2n) is 13.7. The van der Waals surface area contributed by atoms with Crippen molar-refractivity contribution < 1.29 is 19.0 Å². The van der Waals surface area contributed by atoms with Gasteiger partial charge in [-0.2, -0.15) is 0 Å². The zero-order valence-electron chi connectivity index (χ0n) is 26.9. The lowest BCUT2D eigenvalue weighted by molar-refractivity contribution is 0.000767. The lowest BCUT2D eigenvalue weighted by Crippen LogP contribution is -2.46. The van der Waals surface area contributed by atoms with Crippen LogP contribution in [0.2, 0.25) is 5.02 Å². The van der Waals surface area contributed by atoms with E-state index in [1.54, 1.807) is 0 Å². The Balaban J connectivity index is 1.42. The van der Waals surface area contributed by atoms with Gasteiger partial charge in [-0.25, -0.2) is 4.79 Å². The molecule has 1 aliphatic heterocycles. The lowest BCUT2D eigenvalue weighted by atomic mass is 9.65. The number of carbonyl (C=O) groups excluding carboxylic acids is 1. The van der Waals surface area contributed by atoms with Gasteiger partial charge in [0.25, 0.3) is 0 Å². The largest absolute Gasteiger partial charge is 0.491 e. The smallest absolute Gasteiger partial charge is 0.338 e. The van der Waals surface area contributed by atoms with Gasteiger partial charge in [-0.1, -0.05) is 49.0 Å². The third-order valence-corrected chi connectivity index (χ3v) is 10.1. The summed E-state index contributed by atoms with van der Waals surface area (Å²) in [6.07, 6.45) is 9.18. The van der Waals surface area contributed by atoms with Gasteiger partial charge < -0.3 is 19.1 Å². The first-order valence-electron chi connectivity index (χ1n) is 16.2. The second-order valence-corrected chi connectivity index (χ2v) is 14.9. The fourth-order valence-corrected chi connectivity index (χ4v) is 7.70. The first-order valence-corrected chi connectivity index (χ1v) is 17.6. The second kappa shape index (κ2) is 14.5. The quantitative estimate of drug-likeness (QED) is 0.142. The third-order valence-electron chi connectivity index (χ3n) is 9.37. The minimum Gasteiger partial charge on any atom is -0.491 e. The summed E-state index contributed by atoms with van der Waals surface area (Å²) in [5, 5.41) is 6.43. The van der Waals surface area contributed by atoms with E-state index in [-0.39, 0.29) is 18.0 Å². The molecule has 0 spiro atoms. The Morgan fingerprint density at radius 1 is 1.20 bits per heavy atom. The van der Waals surface area contributed by atoms with Crippen LogP contribution in [-0.4, -0.2) is 50.2 Å². The van der Waals surface area contributed by atoms with E-state index < -0.39 is 5.60 Å². The molecule has 6 nitrogen and oxygen atoms in total. The molecule has 2 aliphatic carbocycles. The summed E-state index contributed by atoms with van der Waals surface area (Å²) in [6, 6.07) is 12.0. The molecule has 5 rings (SSSR count). The molecule has 1 heterocycles. The van der Waals surface area contributed by atoms with Crippen molar-refractivity contribution in [2.24, 2.45) is 22.9 Å². The number of carbonyl (C=O) groups is 1. The average Bonchev–Trinajstić information content (AvgIpc) is 3.12. The van der Waals surface area contributed by atoms with E-state index in [9.17, 15) is 4.79 Å². The summed E-state index contributed by atoms with van der Waals surface area (Å²) >= 11 is 7.87. The summed E-state index contributed by atoms with van der Waals surface area (Å²) in [4.78, 5) is 15.6. The molecule has 0 radical (unpaired) electrons. The Morgan fingerprint density at radius 2 is 2.00 bits per heavy atom. The first-order chi connectivity index (χ1) is 21.1. The van der Waals surface area contributed by atoms with Crippen LogP contribution >= 0.6 is 23.5 Å². The summed E-state index contributed by atoms with van der Waals surface area (Å²) in [5.41, 5.74) is 4.97. The van der Waals surface area contributed by atoms with Gasteiger partial charge in [0.05, 0.1) is 24.0 Å². The molecular formula is C36H49ClN2O4S. The number of halogens is 1. The van der Waals surface area contributed by atoms with Crippen LogP contribution in [0.3, 0.4) is 0 Å². The first kappa shape index (κ1) is 33.2. The number of hydrogen-bond acceptors (Lipinski definition) is 7. The molecule has 44 heavy (non-hydrogen) atoms.